The number of benzene rings is 2. The van der Waals surface area contributed by atoms with Crippen molar-refractivity contribution in [1.82, 2.24) is 9.13 Å². The number of methoxy groups -OCH3 is 2. The molecule has 0 aliphatic carbocycles. The monoisotopic (exact) mass is 419 g/mol. The van der Waals surface area contributed by atoms with Gasteiger partial charge in [0.1, 0.15) is 11.5 Å². The molecule has 10 heteroatoms. The molecule has 1 aromatic heterocycles. The predicted molar refractivity (Wildman–Crippen MR) is 110 cm³/mol. The molecule has 0 aliphatic rings. The van der Waals surface area contributed by atoms with Gasteiger partial charge in [0.05, 0.1) is 35.7 Å². The Balaban J connectivity index is 2.18. The summed E-state index contributed by atoms with van der Waals surface area (Å²) in [5.41, 5.74) is -0.397. The van der Waals surface area contributed by atoms with Gasteiger partial charge in [-0.25, -0.2) is 13.2 Å². The molecular weight excluding hydrogens is 398 g/mol. The summed E-state index contributed by atoms with van der Waals surface area (Å²) in [6.07, 6.45) is 0. The van der Waals surface area contributed by atoms with Crippen molar-refractivity contribution >= 4 is 26.6 Å². The van der Waals surface area contributed by atoms with E-state index in [1.165, 1.54) is 58.1 Å². The lowest BCUT2D eigenvalue weighted by atomic mass is 10.2. The fourth-order valence-electron chi connectivity index (χ4n) is 3.07. The zero-order valence-corrected chi connectivity index (χ0v) is 17.5. The number of sulfonamides is 1. The third-order valence-electron chi connectivity index (χ3n) is 4.82. The van der Waals surface area contributed by atoms with Crippen LogP contribution in [0.5, 0.6) is 11.5 Å². The third kappa shape index (κ3) is 3.25. The second-order valence-electron chi connectivity index (χ2n) is 6.40. The highest BCUT2D eigenvalue weighted by Crippen LogP contribution is 2.34. The summed E-state index contributed by atoms with van der Waals surface area (Å²) in [5, 5.41) is 0.130. The first kappa shape index (κ1) is 20.5. The summed E-state index contributed by atoms with van der Waals surface area (Å²) < 4.78 is 40.2. The summed E-state index contributed by atoms with van der Waals surface area (Å²) in [7, 11) is 3.17. The Morgan fingerprint density at radius 2 is 1.62 bits per heavy atom. The topological polar surface area (TPSA) is 99.8 Å². The van der Waals surface area contributed by atoms with Gasteiger partial charge < -0.3 is 9.47 Å². The number of rotatable bonds is 5. The van der Waals surface area contributed by atoms with Crippen LogP contribution in [0.15, 0.2) is 50.9 Å². The maximum absolute atomic E-state index is 13.2. The third-order valence-corrected chi connectivity index (χ3v) is 6.59. The summed E-state index contributed by atoms with van der Waals surface area (Å²) in [4.78, 5) is 24.5. The van der Waals surface area contributed by atoms with E-state index in [2.05, 4.69) is 0 Å². The van der Waals surface area contributed by atoms with Crippen LogP contribution in [0.25, 0.3) is 10.9 Å². The van der Waals surface area contributed by atoms with Gasteiger partial charge in [-0.05, 0) is 30.3 Å². The molecule has 0 radical (unpaired) electrons. The van der Waals surface area contributed by atoms with Crippen molar-refractivity contribution in [1.29, 1.82) is 0 Å². The van der Waals surface area contributed by atoms with Crippen molar-refractivity contribution in [3.63, 3.8) is 0 Å². The molecule has 0 amide bonds. The van der Waals surface area contributed by atoms with Crippen molar-refractivity contribution in [2.75, 3.05) is 25.6 Å². The van der Waals surface area contributed by atoms with Crippen LogP contribution in [0.2, 0.25) is 0 Å². The lowest BCUT2D eigenvalue weighted by Crippen LogP contribution is -2.37. The van der Waals surface area contributed by atoms with Crippen LogP contribution in [-0.2, 0) is 24.1 Å². The van der Waals surface area contributed by atoms with Crippen molar-refractivity contribution in [3.8, 4) is 11.5 Å². The number of nitrogens with zero attached hydrogens (tertiary/aromatic N) is 3. The van der Waals surface area contributed by atoms with Gasteiger partial charge in [0.2, 0.25) is 0 Å². The molecule has 0 spiro atoms. The first-order chi connectivity index (χ1) is 13.6. The number of hydrogen-bond acceptors (Lipinski definition) is 6. The zero-order valence-electron chi connectivity index (χ0n) is 16.7. The first-order valence-corrected chi connectivity index (χ1v) is 9.98. The van der Waals surface area contributed by atoms with Crippen LogP contribution in [0.4, 0.5) is 5.69 Å². The van der Waals surface area contributed by atoms with E-state index < -0.39 is 21.3 Å². The molecule has 0 bridgehead atoms. The van der Waals surface area contributed by atoms with E-state index in [1.807, 2.05) is 0 Å². The number of aryl methyl sites for hydroxylation is 1. The van der Waals surface area contributed by atoms with Crippen molar-refractivity contribution in [3.05, 3.63) is 57.2 Å². The minimum Gasteiger partial charge on any atom is -0.497 e. The predicted octanol–water partition coefficient (Wildman–Crippen LogP) is 1.08. The minimum atomic E-state index is -4.01. The Morgan fingerprint density at radius 1 is 0.931 bits per heavy atom. The molecule has 1 heterocycles. The SMILES string of the molecule is COc1ccc(N(C)S(=O)(=O)c2ccc3c(c2)c(=O)n(C)c(=O)n3C)c(OC)c1. The second-order valence-corrected chi connectivity index (χ2v) is 8.36. The van der Waals surface area contributed by atoms with Crippen molar-refractivity contribution in [2.24, 2.45) is 14.1 Å². The molecule has 3 rings (SSSR count). The van der Waals surface area contributed by atoms with E-state index in [9.17, 15) is 18.0 Å². The van der Waals surface area contributed by atoms with Crippen LogP contribution in [0.1, 0.15) is 0 Å². The van der Waals surface area contributed by atoms with Gasteiger partial charge >= 0.3 is 5.69 Å². The van der Waals surface area contributed by atoms with E-state index >= 15 is 0 Å². The van der Waals surface area contributed by atoms with Crippen LogP contribution in [0, 0.1) is 0 Å². The van der Waals surface area contributed by atoms with Gasteiger partial charge in [0.15, 0.2) is 0 Å². The minimum absolute atomic E-state index is 0.0823. The largest absolute Gasteiger partial charge is 0.497 e. The molecule has 3 aromatic rings. The van der Waals surface area contributed by atoms with E-state index in [0.29, 0.717) is 22.7 Å². The van der Waals surface area contributed by atoms with Crippen molar-refractivity contribution in [2.45, 2.75) is 4.90 Å². The van der Waals surface area contributed by atoms with Crippen molar-refractivity contribution < 1.29 is 17.9 Å². The van der Waals surface area contributed by atoms with Gasteiger partial charge in [0.25, 0.3) is 15.6 Å². The normalized spacial score (nSPS) is 11.5. The number of aromatic nitrogens is 2. The Kier molecular flexibility index (Phi) is 5.14. The van der Waals surface area contributed by atoms with Crippen LogP contribution >= 0.6 is 0 Å². The smallest absolute Gasteiger partial charge is 0.330 e. The highest BCUT2D eigenvalue weighted by atomic mass is 32.2. The molecule has 0 N–H and O–H groups in total. The Morgan fingerprint density at radius 3 is 2.24 bits per heavy atom. The number of fused-ring (bicyclic) bond motifs is 1. The molecule has 0 fully saturated rings. The summed E-state index contributed by atoms with van der Waals surface area (Å²) in [5.74, 6) is 0.834. The molecule has 0 saturated heterocycles. The maximum atomic E-state index is 13.2. The fourth-order valence-corrected chi connectivity index (χ4v) is 4.30. The molecule has 0 saturated carbocycles. The van der Waals surface area contributed by atoms with Gasteiger partial charge in [0, 0.05) is 27.2 Å². The fraction of sp³-hybridized carbons (Fsp3) is 0.263. The second kappa shape index (κ2) is 7.28. The Bertz CT molecular complexity index is 1320. The van der Waals surface area contributed by atoms with E-state index in [1.54, 1.807) is 18.2 Å². The van der Waals surface area contributed by atoms with Gasteiger partial charge in [-0.3, -0.25) is 18.2 Å². The molecule has 0 unspecified atom stereocenters. The summed E-state index contributed by atoms with van der Waals surface area (Å²) in [6, 6.07) is 8.86. The average Bonchev–Trinajstić information content (AvgIpc) is 2.74. The number of hydrogen-bond donors (Lipinski definition) is 0. The Hall–Kier alpha value is -3.27. The Labute approximate surface area is 167 Å². The first-order valence-electron chi connectivity index (χ1n) is 8.54. The highest BCUT2D eigenvalue weighted by Gasteiger charge is 2.25. The molecular formula is C19H21N3O6S. The lowest BCUT2D eigenvalue weighted by molar-refractivity contribution is 0.395. The average molecular weight is 419 g/mol. The molecule has 29 heavy (non-hydrogen) atoms. The van der Waals surface area contributed by atoms with Crippen LogP contribution in [0.3, 0.4) is 0 Å². The molecule has 9 nitrogen and oxygen atoms in total. The van der Waals surface area contributed by atoms with Gasteiger partial charge in [-0.2, -0.15) is 0 Å². The molecule has 0 aliphatic heterocycles. The summed E-state index contributed by atoms with van der Waals surface area (Å²) >= 11 is 0. The standard InChI is InChI=1S/C19H21N3O6S/c1-20-15-9-7-13(11-14(15)18(23)21(2)19(20)24)29(25,26)22(3)16-8-6-12(27-4)10-17(16)28-5/h6-11H,1-5H3. The van der Waals surface area contributed by atoms with E-state index in [0.717, 1.165) is 8.87 Å². The molecule has 154 valence electrons. The van der Waals surface area contributed by atoms with Crippen LogP contribution < -0.4 is 25.0 Å². The maximum Gasteiger partial charge on any atom is 0.330 e. The van der Waals surface area contributed by atoms with E-state index in [-0.39, 0.29) is 10.3 Å². The number of ether oxygens (including phenoxy) is 2. The lowest BCUT2D eigenvalue weighted by Gasteiger charge is -2.22. The zero-order chi connectivity index (χ0) is 21.5. The molecule has 2 aromatic carbocycles. The van der Waals surface area contributed by atoms with Crippen LogP contribution in [-0.4, -0.2) is 38.8 Å². The van der Waals surface area contributed by atoms with Gasteiger partial charge in [-0.1, -0.05) is 0 Å². The summed E-state index contributed by atoms with van der Waals surface area (Å²) in [6.45, 7) is 0. The van der Waals surface area contributed by atoms with Gasteiger partial charge in [-0.15, -0.1) is 0 Å². The quantitative estimate of drug-likeness (QED) is 0.614. The van der Waals surface area contributed by atoms with E-state index in [4.69, 9.17) is 9.47 Å². The number of anilines is 1. The highest BCUT2D eigenvalue weighted by molar-refractivity contribution is 7.92. The molecule has 0 atom stereocenters.